The lowest BCUT2D eigenvalue weighted by molar-refractivity contribution is -0.111. The van der Waals surface area contributed by atoms with Crippen LogP contribution < -0.4 is 5.32 Å². The summed E-state index contributed by atoms with van der Waals surface area (Å²) in [5, 5.41) is 3.29. The lowest BCUT2D eigenvalue weighted by Gasteiger charge is -2.27. The molecule has 1 aromatic heterocycles. The summed E-state index contributed by atoms with van der Waals surface area (Å²) in [5.41, 5.74) is 1.34. The van der Waals surface area contributed by atoms with E-state index in [4.69, 9.17) is 11.6 Å². The molecule has 1 fully saturated rings. The van der Waals surface area contributed by atoms with Crippen LogP contribution in [0.25, 0.3) is 5.70 Å². The van der Waals surface area contributed by atoms with E-state index < -0.39 is 11.6 Å². The van der Waals surface area contributed by atoms with Crippen molar-refractivity contribution in [2.75, 3.05) is 0 Å². The van der Waals surface area contributed by atoms with Gasteiger partial charge in [-0.15, -0.1) is 0 Å². The molecule has 2 aliphatic rings. The van der Waals surface area contributed by atoms with Crippen molar-refractivity contribution in [3.63, 3.8) is 0 Å². The summed E-state index contributed by atoms with van der Waals surface area (Å²) in [6.07, 6.45) is 7.30. The Morgan fingerprint density at radius 2 is 1.90 bits per heavy atom. The first-order chi connectivity index (χ1) is 9.68. The maximum Gasteiger partial charge on any atom is 0.247 e. The normalized spacial score (nSPS) is 20.1. The molecule has 0 spiro atoms. The number of Topliss-reactive ketones (excluding diaryl/α,β-unsaturated/α-hetero) is 2. The molecular formula is C15H15ClN2O2. The molecule has 0 amide bonds. The van der Waals surface area contributed by atoms with Crippen molar-refractivity contribution in [3.05, 3.63) is 34.6 Å². The maximum absolute atomic E-state index is 11.9. The second-order valence-electron chi connectivity index (χ2n) is 5.23. The van der Waals surface area contributed by atoms with Crippen LogP contribution in [0.15, 0.2) is 23.4 Å². The smallest absolute Gasteiger partial charge is 0.247 e. The fourth-order valence-corrected chi connectivity index (χ4v) is 3.04. The molecule has 0 atom stereocenters. The molecule has 1 N–H and O–H groups in total. The molecule has 1 heterocycles. The number of pyridine rings is 1. The van der Waals surface area contributed by atoms with E-state index in [0.29, 0.717) is 23.0 Å². The molecule has 0 bridgehead atoms. The van der Waals surface area contributed by atoms with Gasteiger partial charge in [0.1, 0.15) is 5.03 Å². The number of nitrogens with zero attached hydrogens (tertiary/aromatic N) is 1. The quantitative estimate of drug-likeness (QED) is 0.851. The number of rotatable bonds is 2. The van der Waals surface area contributed by atoms with E-state index in [2.05, 4.69) is 10.3 Å². The van der Waals surface area contributed by atoms with Gasteiger partial charge in [0.05, 0.1) is 17.0 Å². The summed E-state index contributed by atoms with van der Waals surface area (Å²) in [6, 6.07) is 3.57. The van der Waals surface area contributed by atoms with Crippen molar-refractivity contribution in [1.82, 2.24) is 10.3 Å². The second kappa shape index (κ2) is 5.37. The Kier molecular flexibility index (Phi) is 3.57. The molecule has 0 unspecified atom stereocenters. The molecule has 1 saturated carbocycles. The molecular weight excluding hydrogens is 276 g/mol. The molecule has 104 valence electrons. The van der Waals surface area contributed by atoms with Gasteiger partial charge in [-0.05, 0) is 25.0 Å². The van der Waals surface area contributed by atoms with Crippen LogP contribution >= 0.6 is 11.6 Å². The highest BCUT2D eigenvalue weighted by molar-refractivity contribution is 6.64. The molecule has 0 saturated heterocycles. The van der Waals surface area contributed by atoms with Crippen LogP contribution in [0.5, 0.6) is 0 Å². The van der Waals surface area contributed by atoms with E-state index in [9.17, 15) is 9.59 Å². The predicted octanol–water partition coefficient (Wildman–Crippen LogP) is 2.68. The Morgan fingerprint density at radius 3 is 2.65 bits per heavy atom. The zero-order valence-corrected chi connectivity index (χ0v) is 11.7. The fourth-order valence-electron chi connectivity index (χ4n) is 2.81. The predicted molar refractivity (Wildman–Crippen MR) is 76.4 cm³/mol. The number of halogens is 1. The average molecular weight is 291 g/mol. The van der Waals surface area contributed by atoms with Gasteiger partial charge in [-0.25, -0.2) is 0 Å². The SMILES string of the molecule is O=C1C(=O)c2cccnc2C(NC2CCCCC2)=C1Cl. The van der Waals surface area contributed by atoms with Crippen molar-refractivity contribution in [2.45, 2.75) is 38.1 Å². The van der Waals surface area contributed by atoms with Crippen molar-refractivity contribution in [2.24, 2.45) is 0 Å². The van der Waals surface area contributed by atoms with Gasteiger partial charge in [0.2, 0.25) is 11.6 Å². The Labute approximate surface area is 122 Å². The third-order valence-electron chi connectivity index (χ3n) is 3.87. The summed E-state index contributed by atoms with van der Waals surface area (Å²) in [4.78, 5) is 28.1. The first-order valence-electron chi connectivity index (χ1n) is 6.89. The summed E-state index contributed by atoms with van der Waals surface area (Å²) in [6.45, 7) is 0. The van der Waals surface area contributed by atoms with Crippen molar-refractivity contribution in [3.8, 4) is 0 Å². The highest BCUT2D eigenvalue weighted by Gasteiger charge is 2.33. The molecule has 3 rings (SSSR count). The number of allylic oxidation sites excluding steroid dienone is 1. The summed E-state index contributed by atoms with van der Waals surface area (Å²) in [7, 11) is 0. The minimum absolute atomic E-state index is 0.0354. The highest BCUT2D eigenvalue weighted by Crippen LogP contribution is 2.30. The number of hydrogen-bond acceptors (Lipinski definition) is 4. The molecule has 0 aromatic carbocycles. The van der Waals surface area contributed by atoms with Crippen LogP contribution in [0.3, 0.4) is 0 Å². The first-order valence-corrected chi connectivity index (χ1v) is 7.27. The second-order valence-corrected chi connectivity index (χ2v) is 5.60. The molecule has 0 radical (unpaired) electrons. The van der Waals surface area contributed by atoms with Gasteiger partial charge in [-0.2, -0.15) is 0 Å². The number of carbonyl (C=O) groups excluding carboxylic acids is 2. The van der Waals surface area contributed by atoms with E-state index in [1.54, 1.807) is 18.3 Å². The number of carbonyl (C=O) groups is 2. The van der Waals surface area contributed by atoms with Crippen LogP contribution in [-0.4, -0.2) is 22.6 Å². The van der Waals surface area contributed by atoms with Gasteiger partial charge in [0.15, 0.2) is 0 Å². The van der Waals surface area contributed by atoms with Crippen molar-refractivity contribution < 1.29 is 9.59 Å². The topological polar surface area (TPSA) is 59.1 Å². The molecule has 4 nitrogen and oxygen atoms in total. The standard InChI is InChI=1S/C15H15ClN2O2/c16-11-13(18-9-5-2-1-3-6-9)12-10(7-4-8-17-12)14(19)15(11)20/h4,7-9,18H,1-3,5-6H2. The van der Waals surface area contributed by atoms with Gasteiger partial charge >= 0.3 is 0 Å². The Balaban J connectivity index is 1.98. The molecule has 5 heteroatoms. The maximum atomic E-state index is 11.9. The molecule has 0 aliphatic heterocycles. The van der Waals surface area contributed by atoms with Gasteiger partial charge < -0.3 is 5.32 Å². The minimum atomic E-state index is -0.648. The van der Waals surface area contributed by atoms with Crippen LogP contribution in [-0.2, 0) is 4.79 Å². The number of fused-ring (bicyclic) bond motifs is 1. The van der Waals surface area contributed by atoms with Crippen molar-refractivity contribution >= 4 is 28.9 Å². The largest absolute Gasteiger partial charge is 0.379 e. The lowest BCUT2D eigenvalue weighted by Crippen LogP contribution is -2.34. The third kappa shape index (κ3) is 2.24. The Bertz CT molecular complexity index is 604. The van der Waals surface area contributed by atoms with E-state index in [-0.39, 0.29) is 5.03 Å². The van der Waals surface area contributed by atoms with Gasteiger partial charge in [-0.3, -0.25) is 14.6 Å². The van der Waals surface area contributed by atoms with Gasteiger partial charge in [-0.1, -0.05) is 30.9 Å². The highest BCUT2D eigenvalue weighted by atomic mass is 35.5. The van der Waals surface area contributed by atoms with Crippen LogP contribution in [0, 0.1) is 0 Å². The van der Waals surface area contributed by atoms with Gasteiger partial charge in [0, 0.05) is 12.2 Å². The number of nitrogens with one attached hydrogen (secondary N) is 1. The number of aromatic nitrogens is 1. The Morgan fingerprint density at radius 1 is 1.15 bits per heavy atom. The molecule has 1 aromatic rings. The summed E-state index contributed by atoms with van der Waals surface area (Å²) >= 11 is 6.08. The number of hydrogen-bond donors (Lipinski definition) is 1. The van der Waals surface area contributed by atoms with E-state index in [0.717, 1.165) is 12.8 Å². The third-order valence-corrected chi connectivity index (χ3v) is 4.23. The molecule has 20 heavy (non-hydrogen) atoms. The van der Waals surface area contributed by atoms with E-state index >= 15 is 0 Å². The zero-order chi connectivity index (χ0) is 14.1. The summed E-state index contributed by atoms with van der Waals surface area (Å²) < 4.78 is 0. The van der Waals surface area contributed by atoms with E-state index in [1.165, 1.54) is 19.3 Å². The summed E-state index contributed by atoms with van der Waals surface area (Å²) in [5.74, 6) is -1.22. The monoisotopic (exact) mass is 290 g/mol. The van der Waals surface area contributed by atoms with Crippen LogP contribution in [0.4, 0.5) is 0 Å². The number of ketones is 2. The minimum Gasteiger partial charge on any atom is -0.379 e. The van der Waals surface area contributed by atoms with Crippen LogP contribution in [0.2, 0.25) is 0 Å². The fraction of sp³-hybridized carbons (Fsp3) is 0.400. The average Bonchev–Trinajstić information content (AvgIpc) is 2.50. The van der Waals surface area contributed by atoms with Gasteiger partial charge in [0.25, 0.3) is 0 Å². The lowest BCUT2D eigenvalue weighted by atomic mass is 9.92. The van der Waals surface area contributed by atoms with Crippen LogP contribution in [0.1, 0.15) is 48.2 Å². The first kappa shape index (κ1) is 13.3. The molecule has 2 aliphatic carbocycles. The van der Waals surface area contributed by atoms with Crippen molar-refractivity contribution in [1.29, 1.82) is 0 Å². The zero-order valence-electron chi connectivity index (χ0n) is 11.0. The Hall–Kier alpha value is -1.68. The van der Waals surface area contributed by atoms with E-state index in [1.807, 2.05) is 0 Å².